The van der Waals surface area contributed by atoms with Gasteiger partial charge in [-0.25, -0.2) is 4.98 Å². The molecular weight excluding hydrogens is 512 g/mol. The van der Waals surface area contributed by atoms with Crippen molar-refractivity contribution in [3.63, 3.8) is 0 Å². The Morgan fingerprint density at radius 1 is 0.643 bits per heavy atom. The zero-order valence-electron chi connectivity index (χ0n) is 23.6. The number of imidazole rings is 2. The summed E-state index contributed by atoms with van der Waals surface area (Å²) < 4.78 is 7.19. The van der Waals surface area contributed by atoms with Crippen molar-refractivity contribution in [1.82, 2.24) is 18.5 Å². The number of aromatic nitrogens is 4. The number of hydrogen-bond donors (Lipinski definition) is 0. The smallest absolute Gasteiger partial charge is 0.220 e. The lowest BCUT2D eigenvalue weighted by molar-refractivity contribution is 0.883. The molecule has 42 heavy (non-hydrogen) atoms. The molecule has 4 heteroatoms. The van der Waals surface area contributed by atoms with Gasteiger partial charge in [0.1, 0.15) is 0 Å². The summed E-state index contributed by atoms with van der Waals surface area (Å²) in [5.41, 5.74) is 14.9. The van der Waals surface area contributed by atoms with Gasteiger partial charge in [0.25, 0.3) is 0 Å². The summed E-state index contributed by atoms with van der Waals surface area (Å²) in [7, 11) is 0. The molecule has 4 aromatic carbocycles. The first-order valence-electron chi connectivity index (χ1n) is 14.9. The van der Waals surface area contributed by atoms with Crippen LogP contribution in [0.1, 0.15) is 41.1 Å². The minimum absolute atomic E-state index is 0.992. The van der Waals surface area contributed by atoms with Crippen molar-refractivity contribution in [2.24, 2.45) is 0 Å². The number of nitrogens with zero attached hydrogens (tertiary/aromatic N) is 4. The first-order chi connectivity index (χ1) is 20.7. The Balaban J connectivity index is 1.28. The van der Waals surface area contributed by atoms with E-state index in [0.29, 0.717) is 0 Å². The zero-order valence-corrected chi connectivity index (χ0v) is 23.6. The highest BCUT2D eigenvalue weighted by Gasteiger charge is 2.24. The lowest BCUT2D eigenvalue weighted by atomic mass is 10.0. The third-order valence-corrected chi connectivity index (χ3v) is 9.02. The minimum atomic E-state index is 0.992. The standard InChI is InChI=1S/C38H30N4/c1-25-10-8-11-26(22-25)27-12-9-13-28(23-27)40-33-16-4-2-14-30(33)31-24-29(20-21-34(31)40)41-36-18-6-7-19-37(36)42-35-17-5-3-15-32(35)39-38(41)42/h3-5,7-13,15-17,19-24H,2,6,14,18H2,1H3. The number of benzene rings is 4. The molecule has 2 aliphatic carbocycles. The van der Waals surface area contributed by atoms with Crippen LogP contribution in [0.25, 0.3) is 62.4 Å². The Bertz CT molecular complexity index is 2270. The third-order valence-electron chi connectivity index (χ3n) is 9.02. The highest BCUT2D eigenvalue weighted by Crippen LogP contribution is 2.38. The number of hydrogen-bond acceptors (Lipinski definition) is 1. The predicted octanol–water partition coefficient (Wildman–Crippen LogP) is 9.12. The zero-order chi connectivity index (χ0) is 27.8. The van der Waals surface area contributed by atoms with Gasteiger partial charge in [-0.05, 0) is 104 Å². The molecule has 202 valence electrons. The predicted molar refractivity (Wildman–Crippen MR) is 174 cm³/mol. The number of fused-ring (bicyclic) bond motifs is 8. The van der Waals surface area contributed by atoms with E-state index in [-0.39, 0.29) is 0 Å². The van der Waals surface area contributed by atoms with Gasteiger partial charge in [0.15, 0.2) is 0 Å². The van der Waals surface area contributed by atoms with E-state index in [4.69, 9.17) is 4.98 Å². The van der Waals surface area contributed by atoms with E-state index in [1.165, 1.54) is 61.6 Å². The maximum Gasteiger partial charge on any atom is 0.220 e. The van der Waals surface area contributed by atoms with Crippen molar-refractivity contribution in [2.45, 2.75) is 32.6 Å². The number of allylic oxidation sites excluding steroid dienone is 2. The maximum atomic E-state index is 5.14. The van der Waals surface area contributed by atoms with Gasteiger partial charge in [-0.1, -0.05) is 66.2 Å². The van der Waals surface area contributed by atoms with Crippen LogP contribution in [0.15, 0.2) is 103 Å². The molecule has 0 saturated carbocycles. The van der Waals surface area contributed by atoms with Gasteiger partial charge >= 0.3 is 0 Å². The highest BCUT2D eigenvalue weighted by molar-refractivity contribution is 5.93. The molecule has 2 aliphatic rings. The van der Waals surface area contributed by atoms with E-state index < -0.39 is 0 Å². The van der Waals surface area contributed by atoms with Crippen molar-refractivity contribution < 1.29 is 0 Å². The summed E-state index contributed by atoms with van der Waals surface area (Å²) in [6.07, 6.45) is 13.4. The number of para-hydroxylation sites is 2. The van der Waals surface area contributed by atoms with Crippen LogP contribution in [0.2, 0.25) is 0 Å². The van der Waals surface area contributed by atoms with Crippen LogP contribution < -0.4 is 0 Å². The van der Waals surface area contributed by atoms with Gasteiger partial charge in [-0.15, -0.1) is 0 Å². The quantitative estimate of drug-likeness (QED) is 0.219. The topological polar surface area (TPSA) is 27.2 Å². The minimum Gasteiger partial charge on any atom is -0.310 e. The van der Waals surface area contributed by atoms with Crippen molar-refractivity contribution in [1.29, 1.82) is 0 Å². The Hall–Kier alpha value is -5.09. The van der Waals surface area contributed by atoms with Crippen molar-refractivity contribution in [3.8, 4) is 22.5 Å². The SMILES string of the molecule is Cc1cccc(-c2cccc(-n3c4c(c5cc(-n6c7c(n8c9ccccc9nc68)C=CCC7)ccc53)CCC=C4)c2)c1. The second kappa shape index (κ2) is 8.95. The average Bonchev–Trinajstić information content (AvgIpc) is 3.68. The molecule has 0 aliphatic heterocycles. The lowest BCUT2D eigenvalue weighted by Crippen LogP contribution is -2.04. The summed E-state index contributed by atoms with van der Waals surface area (Å²) in [6.45, 7) is 2.16. The van der Waals surface area contributed by atoms with Crippen LogP contribution in [-0.4, -0.2) is 18.5 Å². The maximum absolute atomic E-state index is 5.14. The van der Waals surface area contributed by atoms with Gasteiger partial charge in [-0.3, -0.25) is 8.97 Å². The molecule has 0 spiro atoms. The molecule has 0 amide bonds. The summed E-state index contributed by atoms with van der Waals surface area (Å²) in [5.74, 6) is 0.992. The Morgan fingerprint density at radius 3 is 2.33 bits per heavy atom. The van der Waals surface area contributed by atoms with Crippen LogP contribution >= 0.6 is 0 Å². The van der Waals surface area contributed by atoms with E-state index in [2.05, 4.69) is 136 Å². The second-order valence-corrected chi connectivity index (χ2v) is 11.6. The molecule has 0 saturated heterocycles. The fourth-order valence-electron chi connectivity index (χ4n) is 7.15. The third kappa shape index (κ3) is 3.38. The Labute approximate surface area is 244 Å². The molecule has 0 atom stereocenters. The van der Waals surface area contributed by atoms with Crippen LogP contribution in [-0.2, 0) is 12.8 Å². The molecule has 0 fully saturated rings. The van der Waals surface area contributed by atoms with E-state index in [9.17, 15) is 0 Å². The van der Waals surface area contributed by atoms with Crippen LogP contribution in [0.3, 0.4) is 0 Å². The summed E-state index contributed by atoms with van der Waals surface area (Å²) in [6, 6.07) is 33.2. The summed E-state index contributed by atoms with van der Waals surface area (Å²) in [4.78, 5) is 5.14. The van der Waals surface area contributed by atoms with Gasteiger partial charge in [0.05, 0.1) is 27.9 Å². The van der Waals surface area contributed by atoms with Gasteiger partial charge < -0.3 is 4.57 Å². The van der Waals surface area contributed by atoms with Crippen LogP contribution in [0.4, 0.5) is 0 Å². The largest absolute Gasteiger partial charge is 0.310 e. The van der Waals surface area contributed by atoms with Gasteiger partial charge in [0, 0.05) is 22.5 Å². The van der Waals surface area contributed by atoms with Gasteiger partial charge in [0.2, 0.25) is 5.78 Å². The second-order valence-electron chi connectivity index (χ2n) is 11.6. The molecule has 0 unspecified atom stereocenters. The number of aryl methyl sites for hydroxylation is 2. The first kappa shape index (κ1) is 23.6. The normalized spacial score (nSPS) is 14.2. The van der Waals surface area contributed by atoms with E-state index in [1.54, 1.807) is 0 Å². The molecule has 4 nitrogen and oxygen atoms in total. The lowest BCUT2D eigenvalue weighted by Gasteiger charge is -2.14. The number of rotatable bonds is 3. The highest BCUT2D eigenvalue weighted by atomic mass is 15.2. The molecule has 9 rings (SSSR count). The van der Waals surface area contributed by atoms with E-state index in [0.717, 1.165) is 42.5 Å². The van der Waals surface area contributed by atoms with E-state index >= 15 is 0 Å². The van der Waals surface area contributed by atoms with Crippen LogP contribution in [0, 0.1) is 6.92 Å². The average molecular weight is 543 g/mol. The van der Waals surface area contributed by atoms with Crippen LogP contribution in [0.5, 0.6) is 0 Å². The fourth-order valence-corrected chi connectivity index (χ4v) is 7.15. The van der Waals surface area contributed by atoms with Gasteiger partial charge in [-0.2, -0.15) is 0 Å². The molecule has 3 aromatic heterocycles. The molecular formula is C38H30N4. The molecule has 7 aromatic rings. The first-order valence-corrected chi connectivity index (χ1v) is 14.9. The van der Waals surface area contributed by atoms with Crippen molar-refractivity contribution in [2.75, 3.05) is 0 Å². The van der Waals surface area contributed by atoms with Crippen molar-refractivity contribution in [3.05, 3.63) is 131 Å². The molecule has 0 bridgehead atoms. The molecule has 0 N–H and O–H groups in total. The van der Waals surface area contributed by atoms with E-state index in [1.807, 2.05) is 0 Å². The Kier molecular flexibility index (Phi) is 5.03. The fraction of sp³-hybridized carbons (Fsp3) is 0.132. The molecule has 0 radical (unpaired) electrons. The summed E-state index contributed by atoms with van der Waals surface area (Å²) in [5, 5.41) is 1.33. The monoisotopic (exact) mass is 542 g/mol. The molecule has 3 heterocycles. The summed E-state index contributed by atoms with van der Waals surface area (Å²) >= 11 is 0. The van der Waals surface area contributed by atoms with Crippen molar-refractivity contribution >= 4 is 39.9 Å². The Morgan fingerprint density at radius 2 is 1.43 bits per heavy atom.